The molecule has 0 radical (unpaired) electrons. The Morgan fingerprint density at radius 2 is 1.87 bits per heavy atom. The molecule has 2 rings (SSSR count). The van der Waals surface area contributed by atoms with E-state index in [1.165, 1.54) is 0 Å². The van der Waals surface area contributed by atoms with E-state index in [2.05, 4.69) is 0 Å². The summed E-state index contributed by atoms with van der Waals surface area (Å²) in [6.45, 7) is 2.33. The maximum absolute atomic E-state index is 6.06. The molecule has 0 saturated heterocycles. The normalized spacial score (nSPS) is 15.8. The first-order valence-electron chi connectivity index (χ1n) is 4.91. The van der Waals surface area contributed by atoms with E-state index in [0.29, 0.717) is 6.79 Å². The van der Waals surface area contributed by atoms with Crippen LogP contribution >= 0.6 is 0 Å². The highest BCUT2D eigenvalue weighted by Crippen LogP contribution is 2.36. The molecule has 1 aliphatic heterocycles. The van der Waals surface area contributed by atoms with Crippen molar-refractivity contribution in [1.29, 1.82) is 0 Å². The van der Waals surface area contributed by atoms with Gasteiger partial charge < -0.3 is 15.2 Å². The summed E-state index contributed by atoms with van der Waals surface area (Å²) in [5.74, 6) is 1.59. The molecule has 0 bridgehead atoms. The van der Waals surface area contributed by atoms with Crippen molar-refractivity contribution in [2.75, 3.05) is 20.9 Å². The van der Waals surface area contributed by atoms with Crippen molar-refractivity contribution < 1.29 is 9.47 Å². The average molecular weight is 208 g/mol. The van der Waals surface area contributed by atoms with Crippen LogP contribution in [0.25, 0.3) is 0 Å². The summed E-state index contributed by atoms with van der Waals surface area (Å²) in [6, 6.07) is 3.93. The number of nitrogens with two attached hydrogens (primary N) is 1. The van der Waals surface area contributed by atoms with Crippen molar-refractivity contribution >= 4 is 0 Å². The highest BCUT2D eigenvalue weighted by Gasteiger charge is 2.19. The first-order chi connectivity index (χ1) is 7.09. The van der Waals surface area contributed by atoms with Gasteiger partial charge in [-0.25, -0.2) is 0 Å². The molecule has 1 aliphatic rings. The smallest absolute Gasteiger partial charge is 0.231 e. The van der Waals surface area contributed by atoms with Gasteiger partial charge in [-0.1, -0.05) is 0 Å². The molecule has 4 heteroatoms. The highest BCUT2D eigenvalue weighted by molar-refractivity contribution is 5.49. The minimum atomic E-state index is -0.112. The van der Waals surface area contributed by atoms with Crippen molar-refractivity contribution in [2.24, 2.45) is 5.73 Å². The third-order valence-corrected chi connectivity index (χ3v) is 2.64. The zero-order valence-electron chi connectivity index (χ0n) is 9.28. The zero-order valence-corrected chi connectivity index (χ0v) is 9.28. The van der Waals surface area contributed by atoms with Gasteiger partial charge in [0.1, 0.15) is 0 Å². The highest BCUT2D eigenvalue weighted by atomic mass is 16.7. The Morgan fingerprint density at radius 1 is 1.27 bits per heavy atom. The molecule has 0 spiro atoms. The first kappa shape index (κ1) is 10.3. The second kappa shape index (κ2) is 3.72. The van der Waals surface area contributed by atoms with Crippen LogP contribution in [0.3, 0.4) is 0 Å². The molecule has 15 heavy (non-hydrogen) atoms. The number of hydrogen-bond donors (Lipinski definition) is 1. The van der Waals surface area contributed by atoms with Crippen LogP contribution in [0.2, 0.25) is 0 Å². The molecule has 1 atom stereocenters. The monoisotopic (exact) mass is 208 g/mol. The Kier molecular flexibility index (Phi) is 2.54. The van der Waals surface area contributed by atoms with Gasteiger partial charge in [0.25, 0.3) is 0 Å². The molecule has 1 unspecified atom stereocenters. The Labute approximate surface area is 89.6 Å². The molecule has 2 N–H and O–H groups in total. The van der Waals surface area contributed by atoms with Crippen molar-refractivity contribution in [1.82, 2.24) is 4.90 Å². The molecular weight excluding hydrogens is 192 g/mol. The largest absolute Gasteiger partial charge is 0.454 e. The summed E-state index contributed by atoms with van der Waals surface area (Å²) in [5.41, 5.74) is 8.26. The van der Waals surface area contributed by atoms with Crippen LogP contribution in [0, 0.1) is 6.92 Å². The fourth-order valence-corrected chi connectivity index (χ4v) is 1.66. The van der Waals surface area contributed by atoms with E-state index >= 15 is 0 Å². The van der Waals surface area contributed by atoms with E-state index < -0.39 is 0 Å². The SMILES string of the molecule is Cc1cc2c(cc1C(N)N(C)C)OCO2. The van der Waals surface area contributed by atoms with Crippen molar-refractivity contribution in [3.8, 4) is 11.5 Å². The predicted molar refractivity (Wildman–Crippen MR) is 57.9 cm³/mol. The van der Waals surface area contributed by atoms with Crippen molar-refractivity contribution in [3.05, 3.63) is 23.3 Å². The third-order valence-electron chi connectivity index (χ3n) is 2.64. The third kappa shape index (κ3) is 1.78. The zero-order chi connectivity index (χ0) is 11.0. The van der Waals surface area contributed by atoms with Crippen LogP contribution in [-0.4, -0.2) is 25.8 Å². The molecule has 0 amide bonds. The Hall–Kier alpha value is -1.26. The summed E-state index contributed by atoms with van der Waals surface area (Å²) in [4.78, 5) is 1.96. The quantitative estimate of drug-likeness (QED) is 0.743. The number of aryl methyl sites for hydroxylation is 1. The number of ether oxygens (including phenoxy) is 2. The molecule has 0 fully saturated rings. The van der Waals surface area contributed by atoms with E-state index in [1.807, 2.05) is 38.1 Å². The molecule has 4 nitrogen and oxygen atoms in total. The molecule has 82 valence electrons. The van der Waals surface area contributed by atoms with E-state index in [-0.39, 0.29) is 6.17 Å². The number of fused-ring (bicyclic) bond motifs is 1. The summed E-state index contributed by atoms with van der Waals surface area (Å²) in [7, 11) is 3.91. The number of rotatable bonds is 2. The molecule has 1 aromatic carbocycles. The Balaban J connectivity index is 2.40. The van der Waals surface area contributed by atoms with Crippen LogP contribution in [0.5, 0.6) is 11.5 Å². The molecule has 1 aromatic rings. The Bertz CT molecular complexity index is 377. The van der Waals surface area contributed by atoms with Gasteiger partial charge in [-0.15, -0.1) is 0 Å². The minimum absolute atomic E-state index is 0.112. The van der Waals surface area contributed by atoms with Crippen LogP contribution in [0.4, 0.5) is 0 Å². The van der Waals surface area contributed by atoms with Gasteiger partial charge in [0.2, 0.25) is 6.79 Å². The molecule has 0 saturated carbocycles. The number of hydrogen-bond acceptors (Lipinski definition) is 4. The van der Waals surface area contributed by atoms with Crippen LogP contribution in [0.15, 0.2) is 12.1 Å². The van der Waals surface area contributed by atoms with Gasteiger partial charge in [0.05, 0.1) is 6.17 Å². The summed E-state index contributed by atoms with van der Waals surface area (Å²) < 4.78 is 10.6. The fourth-order valence-electron chi connectivity index (χ4n) is 1.66. The van der Waals surface area contributed by atoms with Gasteiger partial charge >= 0.3 is 0 Å². The van der Waals surface area contributed by atoms with E-state index in [4.69, 9.17) is 15.2 Å². The maximum Gasteiger partial charge on any atom is 0.231 e. The lowest BCUT2D eigenvalue weighted by Crippen LogP contribution is -2.28. The van der Waals surface area contributed by atoms with Crippen molar-refractivity contribution in [2.45, 2.75) is 13.1 Å². The summed E-state index contributed by atoms with van der Waals surface area (Å²) in [6.07, 6.45) is -0.112. The van der Waals surface area contributed by atoms with Gasteiger partial charge in [-0.2, -0.15) is 0 Å². The lowest BCUT2D eigenvalue weighted by atomic mass is 10.0. The van der Waals surface area contributed by atoms with Crippen LogP contribution in [-0.2, 0) is 0 Å². The van der Waals surface area contributed by atoms with E-state index in [1.54, 1.807) is 0 Å². The lowest BCUT2D eigenvalue weighted by Gasteiger charge is -2.22. The maximum atomic E-state index is 6.06. The minimum Gasteiger partial charge on any atom is -0.454 e. The van der Waals surface area contributed by atoms with E-state index in [0.717, 1.165) is 22.6 Å². The van der Waals surface area contributed by atoms with Crippen LogP contribution in [0.1, 0.15) is 17.3 Å². The van der Waals surface area contributed by atoms with Crippen molar-refractivity contribution in [3.63, 3.8) is 0 Å². The molecule has 0 aromatic heterocycles. The van der Waals surface area contributed by atoms with Gasteiger partial charge in [-0.05, 0) is 44.3 Å². The first-order valence-corrected chi connectivity index (χ1v) is 4.91. The predicted octanol–water partition coefficient (Wildman–Crippen LogP) is 1.24. The van der Waals surface area contributed by atoms with Crippen LogP contribution < -0.4 is 15.2 Å². The second-order valence-corrected chi connectivity index (χ2v) is 3.97. The van der Waals surface area contributed by atoms with Gasteiger partial charge in [0.15, 0.2) is 11.5 Å². The van der Waals surface area contributed by atoms with Gasteiger partial charge in [-0.3, -0.25) is 4.90 Å². The Morgan fingerprint density at radius 3 is 2.47 bits per heavy atom. The lowest BCUT2D eigenvalue weighted by molar-refractivity contribution is 0.174. The fraction of sp³-hybridized carbons (Fsp3) is 0.455. The topological polar surface area (TPSA) is 47.7 Å². The summed E-state index contributed by atoms with van der Waals surface area (Å²) in [5, 5.41) is 0. The standard InChI is InChI=1S/C11H16N2O2/c1-7-4-9-10(15-6-14-9)5-8(7)11(12)13(2)3/h4-5,11H,6,12H2,1-3H3. The molecule has 1 heterocycles. The number of nitrogens with zero attached hydrogens (tertiary/aromatic N) is 1. The van der Waals surface area contributed by atoms with E-state index in [9.17, 15) is 0 Å². The molecular formula is C11H16N2O2. The summed E-state index contributed by atoms with van der Waals surface area (Å²) >= 11 is 0. The number of benzene rings is 1. The molecule has 0 aliphatic carbocycles. The second-order valence-electron chi connectivity index (χ2n) is 3.97. The average Bonchev–Trinajstić information content (AvgIpc) is 2.62. The van der Waals surface area contributed by atoms with Gasteiger partial charge in [0, 0.05) is 0 Å².